The molecule has 1 aromatic heterocycles. The number of amides is 2. The van der Waals surface area contributed by atoms with Gasteiger partial charge < -0.3 is 14.9 Å². The third kappa shape index (κ3) is 3.68. The highest BCUT2D eigenvalue weighted by molar-refractivity contribution is 5.95. The maximum Gasteiger partial charge on any atom is 0.254 e. The molecule has 1 saturated heterocycles. The lowest BCUT2D eigenvalue weighted by Gasteiger charge is -2.42. The predicted molar refractivity (Wildman–Crippen MR) is 118 cm³/mol. The van der Waals surface area contributed by atoms with Crippen LogP contribution in [0.2, 0.25) is 0 Å². The van der Waals surface area contributed by atoms with Crippen molar-refractivity contribution in [3.8, 4) is 11.3 Å². The van der Waals surface area contributed by atoms with E-state index in [4.69, 9.17) is 4.98 Å². The van der Waals surface area contributed by atoms with Gasteiger partial charge in [0.2, 0.25) is 0 Å². The molecule has 2 heterocycles. The van der Waals surface area contributed by atoms with Gasteiger partial charge in [0.1, 0.15) is 5.60 Å². The summed E-state index contributed by atoms with van der Waals surface area (Å²) in [7, 11) is 0. The molecule has 1 N–H and O–H groups in total. The number of benzene rings is 2. The Morgan fingerprint density at radius 1 is 0.839 bits per heavy atom. The van der Waals surface area contributed by atoms with E-state index in [1.54, 1.807) is 9.80 Å². The van der Waals surface area contributed by atoms with Crippen molar-refractivity contribution in [2.45, 2.75) is 24.9 Å². The van der Waals surface area contributed by atoms with E-state index in [-0.39, 0.29) is 11.8 Å². The van der Waals surface area contributed by atoms with E-state index in [2.05, 4.69) is 6.07 Å². The van der Waals surface area contributed by atoms with Crippen molar-refractivity contribution in [2.75, 3.05) is 26.2 Å². The van der Waals surface area contributed by atoms with Crippen molar-refractivity contribution in [3.05, 3.63) is 66.2 Å². The Hall–Kier alpha value is -3.25. The fraction of sp³-hybridized carbons (Fsp3) is 0.320. The number of hydrogen-bond acceptors (Lipinski definition) is 4. The molecule has 2 amide bonds. The molecule has 0 spiro atoms. The Labute approximate surface area is 181 Å². The van der Waals surface area contributed by atoms with Crippen molar-refractivity contribution in [1.82, 2.24) is 14.8 Å². The van der Waals surface area contributed by atoms with E-state index in [0.717, 1.165) is 28.6 Å². The number of carbonyl (C=O) groups is 2. The highest BCUT2D eigenvalue weighted by Crippen LogP contribution is 2.33. The molecule has 2 aliphatic rings. The second kappa shape index (κ2) is 7.78. The first-order valence-corrected chi connectivity index (χ1v) is 10.8. The molecule has 0 radical (unpaired) electrons. The predicted octanol–water partition coefficient (Wildman–Crippen LogP) is 3.10. The lowest BCUT2D eigenvalue weighted by molar-refractivity contribution is -0.161. The Balaban J connectivity index is 1.24. The number of aromatic nitrogens is 1. The van der Waals surface area contributed by atoms with Crippen molar-refractivity contribution in [3.63, 3.8) is 0 Å². The molecular weight excluding hydrogens is 390 g/mol. The molecule has 6 nitrogen and oxygen atoms in total. The van der Waals surface area contributed by atoms with Crippen LogP contribution in [-0.2, 0) is 4.79 Å². The second-order valence-electron chi connectivity index (χ2n) is 8.44. The van der Waals surface area contributed by atoms with Crippen LogP contribution < -0.4 is 0 Å². The molecular formula is C25H25N3O3. The number of carbonyl (C=O) groups excluding carboxylic acids is 2. The van der Waals surface area contributed by atoms with E-state index in [1.807, 2.05) is 54.6 Å². The minimum absolute atomic E-state index is 0.0347. The van der Waals surface area contributed by atoms with Gasteiger partial charge in [0.25, 0.3) is 11.8 Å². The van der Waals surface area contributed by atoms with Crippen LogP contribution >= 0.6 is 0 Å². The van der Waals surface area contributed by atoms with E-state index >= 15 is 0 Å². The van der Waals surface area contributed by atoms with Gasteiger partial charge in [0, 0.05) is 42.7 Å². The Morgan fingerprint density at radius 3 is 2.19 bits per heavy atom. The van der Waals surface area contributed by atoms with Crippen LogP contribution in [0.25, 0.3) is 22.2 Å². The Morgan fingerprint density at radius 2 is 1.52 bits per heavy atom. The molecule has 1 aliphatic heterocycles. The van der Waals surface area contributed by atoms with Gasteiger partial charge in [-0.3, -0.25) is 9.59 Å². The van der Waals surface area contributed by atoms with E-state index in [1.165, 1.54) is 0 Å². The van der Waals surface area contributed by atoms with Crippen LogP contribution in [0.3, 0.4) is 0 Å². The second-order valence-corrected chi connectivity index (χ2v) is 8.44. The molecule has 0 bridgehead atoms. The third-order valence-electron chi connectivity index (χ3n) is 6.46. The summed E-state index contributed by atoms with van der Waals surface area (Å²) in [6.07, 6.45) is 1.98. The molecule has 5 rings (SSSR count). The molecule has 2 aromatic carbocycles. The largest absolute Gasteiger partial charge is 0.380 e. The molecule has 3 aromatic rings. The summed E-state index contributed by atoms with van der Waals surface area (Å²) in [6, 6.07) is 19.6. The molecule has 158 valence electrons. The number of rotatable bonds is 3. The summed E-state index contributed by atoms with van der Waals surface area (Å²) in [6.45, 7) is 1.89. The zero-order valence-corrected chi connectivity index (χ0v) is 17.3. The standard InChI is InChI=1S/C25H25N3O3/c29-23(27-14-16-28(17-15-27)24(30)25(31)12-3-13-25)20-8-6-19(7-9-20)22-11-10-18-4-1-2-5-21(18)26-22/h1-2,4-11,31H,3,12-17H2. The topological polar surface area (TPSA) is 73.7 Å². The average molecular weight is 415 g/mol. The lowest BCUT2D eigenvalue weighted by atomic mass is 9.79. The Bertz CT molecular complexity index is 1130. The molecule has 1 aliphatic carbocycles. The van der Waals surface area contributed by atoms with Gasteiger partial charge in [0.15, 0.2) is 0 Å². The van der Waals surface area contributed by atoms with Crippen molar-refractivity contribution in [2.24, 2.45) is 0 Å². The van der Waals surface area contributed by atoms with Crippen LogP contribution in [0.4, 0.5) is 0 Å². The van der Waals surface area contributed by atoms with Gasteiger partial charge in [-0.05, 0) is 43.5 Å². The third-order valence-corrected chi connectivity index (χ3v) is 6.46. The summed E-state index contributed by atoms with van der Waals surface area (Å²) < 4.78 is 0. The summed E-state index contributed by atoms with van der Waals surface area (Å²) in [5.74, 6) is -0.217. The smallest absolute Gasteiger partial charge is 0.254 e. The molecule has 31 heavy (non-hydrogen) atoms. The number of fused-ring (bicyclic) bond motifs is 1. The number of hydrogen-bond donors (Lipinski definition) is 1. The van der Waals surface area contributed by atoms with Gasteiger partial charge >= 0.3 is 0 Å². The van der Waals surface area contributed by atoms with Gasteiger partial charge in [-0.1, -0.05) is 36.4 Å². The summed E-state index contributed by atoms with van der Waals surface area (Å²) in [4.78, 5) is 33.6. The normalized spacial score (nSPS) is 18.0. The maximum atomic E-state index is 12.9. The number of piperazine rings is 1. The number of aliphatic hydroxyl groups is 1. The summed E-state index contributed by atoms with van der Waals surface area (Å²) >= 11 is 0. The molecule has 0 unspecified atom stereocenters. The fourth-order valence-corrected chi connectivity index (χ4v) is 4.33. The van der Waals surface area contributed by atoms with Crippen LogP contribution in [-0.4, -0.2) is 63.5 Å². The highest BCUT2D eigenvalue weighted by Gasteiger charge is 2.45. The van der Waals surface area contributed by atoms with Gasteiger partial charge in [-0.2, -0.15) is 0 Å². The highest BCUT2D eigenvalue weighted by atomic mass is 16.3. The van der Waals surface area contributed by atoms with Crippen molar-refractivity contribution >= 4 is 22.7 Å². The first-order valence-electron chi connectivity index (χ1n) is 10.8. The molecule has 0 atom stereocenters. The summed E-state index contributed by atoms with van der Waals surface area (Å²) in [5, 5.41) is 11.4. The lowest BCUT2D eigenvalue weighted by Crippen LogP contribution is -2.58. The zero-order valence-electron chi connectivity index (χ0n) is 17.3. The zero-order chi connectivity index (χ0) is 21.4. The minimum atomic E-state index is -1.17. The minimum Gasteiger partial charge on any atom is -0.380 e. The summed E-state index contributed by atoms with van der Waals surface area (Å²) in [5.41, 5.74) is 2.24. The molecule has 2 fully saturated rings. The van der Waals surface area contributed by atoms with Crippen molar-refractivity contribution < 1.29 is 14.7 Å². The van der Waals surface area contributed by atoms with Crippen LogP contribution in [0.5, 0.6) is 0 Å². The van der Waals surface area contributed by atoms with Gasteiger partial charge in [-0.15, -0.1) is 0 Å². The van der Waals surface area contributed by atoms with E-state index < -0.39 is 5.60 Å². The van der Waals surface area contributed by atoms with Crippen LogP contribution in [0, 0.1) is 0 Å². The van der Waals surface area contributed by atoms with Gasteiger partial charge in [0.05, 0.1) is 11.2 Å². The van der Waals surface area contributed by atoms with E-state index in [9.17, 15) is 14.7 Å². The van der Waals surface area contributed by atoms with Crippen LogP contribution in [0.1, 0.15) is 29.6 Å². The number of pyridine rings is 1. The maximum absolute atomic E-state index is 12.9. The van der Waals surface area contributed by atoms with E-state index in [0.29, 0.717) is 44.6 Å². The number of para-hydroxylation sites is 1. The first-order chi connectivity index (χ1) is 15.0. The van der Waals surface area contributed by atoms with Crippen molar-refractivity contribution in [1.29, 1.82) is 0 Å². The van der Waals surface area contributed by atoms with Crippen LogP contribution in [0.15, 0.2) is 60.7 Å². The molecule has 1 saturated carbocycles. The first kappa shape index (κ1) is 19.7. The quantitative estimate of drug-likeness (QED) is 0.713. The monoisotopic (exact) mass is 415 g/mol. The molecule has 6 heteroatoms. The van der Waals surface area contributed by atoms with Gasteiger partial charge in [-0.25, -0.2) is 4.98 Å². The Kier molecular flexibility index (Phi) is 4.94. The number of nitrogens with zero attached hydrogens (tertiary/aromatic N) is 3. The fourth-order valence-electron chi connectivity index (χ4n) is 4.33. The SMILES string of the molecule is O=C(c1ccc(-c2ccc3ccccc3n2)cc1)N1CCN(C(=O)C2(O)CCC2)CC1. The average Bonchev–Trinajstić information content (AvgIpc) is 2.81.